The number of halogens is 3. The summed E-state index contributed by atoms with van der Waals surface area (Å²) in [6, 6.07) is 12.1. The lowest BCUT2D eigenvalue weighted by atomic mass is 10.1. The number of alkyl halides is 3. The molecule has 0 aliphatic rings. The van der Waals surface area contributed by atoms with Crippen molar-refractivity contribution in [3.63, 3.8) is 0 Å². The van der Waals surface area contributed by atoms with Crippen LogP contribution in [0.3, 0.4) is 0 Å². The van der Waals surface area contributed by atoms with E-state index >= 15 is 0 Å². The summed E-state index contributed by atoms with van der Waals surface area (Å²) in [5.74, 6) is -0.716. The third-order valence-electron chi connectivity index (χ3n) is 3.87. The molecular formula is C20H13F3N2O2. The largest absolute Gasteiger partial charge is 0.458 e. The van der Waals surface area contributed by atoms with Crippen LogP contribution in [0.2, 0.25) is 0 Å². The summed E-state index contributed by atoms with van der Waals surface area (Å²) in [4.78, 5) is 11.9. The minimum atomic E-state index is -4.45. The average molecular weight is 370 g/mol. The first-order chi connectivity index (χ1) is 12.9. The number of esters is 1. The van der Waals surface area contributed by atoms with Crippen molar-refractivity contribution >= 4 is 17.6 Å². The molecule has 1 aromatic carbocycles. The van der Waals surface area contributed by atoms with Gasteiger partial charge in [0.05, 0.1) is 16.6 Å². The highest BCUT2D eigenvalue weighted by Gasteiger charge is 2.30. The van der Waals surface area contributed by atoms with E-state index in [4.69, 9.17) is 4.74 Å². The van der Waals surface area contributed by atoms with Gasteiger partial charge >= 0.3 is 12.1 Å². The fourth-order valence-corrected chi connectivity index (χ4v) is 2.60. The quantitative estimate of drug-likeness (QED) is 0.499. The molecule has 0 N–H and O–H groups in total. The number of carbonyl (C=O) groups is 1. The van der Waals surface area contributed by atoms with E-state index in [9.17, 15) is 23.2 Å². The lowest BCUT2D eigenvalue weighted by molar-refractivity contribution is -0.139. The molecular weight excluding hydrogens is 357 g/mol. The van der Waals surface area contributed by atoms with Crippen molar-refractivity contribution in [3.8, 4) is 6.07 Å². The summed E-state index contributed by atoms with van der Waals surface area (Å²) >= 11 is 0. The molecule has 3 aromatic rings. The number of hydrogen-bond acceptors (Lipinski definition) is 3. The van der Waals surface area contributed by atoms with Crippen LogP contribution in [0.1, 0.15) is 22.3 Å². The van der Waals surface area contributed by atoms with Crippen LogP contribution in [0, 0.1) is 11.3 Å². The van der Waals surface area contributed by atoms with E-state index in [0.29, 0.717) is 16.6 Å². The predicted octanol–water partition coefficient (Wildman–Crippen LogP) is 4.59. The van der Waals surface area contributed by atoms with Crippen molar-refractivity contribution in [3.05, 3.63) is 83.2 Å². The molecule has 136 valence electrons. The molecule has 0 spiro atoms. The van der Waals surface area contributed by atoms with E-state index < -0.39 is 17.7 Å². The first-order valence-corrected chi connectivity index (χ1v) is 7.89. The Hall–Kier alpha value is -3.53. The third kappa shape index (κ3) is 4.18. The molecule has 0 bridgehead atoms. The van der Waals surface area contributed by atoms with E-state index in [2.05, 4.69) is 6.07 Å². The van der Waals surface area contributed by atoms with Gasteiger partial charge in [0.2, 0.25) is 0 Å². The number of benzene rings is 1. The van der Waals surface area contributed by atoms with E-state index in [0.717, 1.165) is 18.2 Å². The van der Waals surface area contributed by atoms with Crippen molar-refractivity contribution in [2.45, 2.75) is 12.8 Å². The van der Waals surface area contributed by atoms with E-state index in [1.54, 1.807) is 28.9 Å². The van der Waals surface area contributed by atoms with Gasteiger partial charge in [0.15, 0.2) is 0 Å². The van der Waals surface area contributed by atoms with Crippen LogP contribution in [0.5, 0.6) is 0 Å². The number of rotatable bonds is 4. The number of fused-ring (bicyclic) bond motifs is 1. The standard InChI is InChI=1S/C20H13F3N2O2/c21-20(22,23)16-5-3-4-14(10-16)7-8-19(26)27-13-15-12-25-9-2-1-6-18(25)17(15)11-24/h1-10,12H,13H2/b8-7-. The Balaban J connectivity index is 1.69. The second-order valence-electron chi connectivity index (χ2n) is 5.70. The van der Waals surface area contributed by atoms with Crippen LogP contribution >= 0.6 is 0 Å². The predicted molar refractivity (Wildman–Crippen MR) is 92.4 cm³/mol. The molecule has 0 atom stereocenters. The van der Waals surface area contributed by atoms with Gasteiger partial charge in [-0.1, -0.05) is 18.2 Å². The average Bonchev–Trinajstić information content (AvgIpc) is 3.01. The molecule has 0 saturated carbocycles. The fraction of sp³-hybridized carbons (Fsp3) is 0.100. The van der Waals surface area contributed by atoms with Crippen LogP contribution in [0.15, 0.2) is 60.9 Å². The highest BCUT2D eigenvalue weighted by molar-refractivity contribution is 5.87. The number of hydrogen-bond donors (Lipinski definition) is 0. The number of aromatic nitrogens is 1. The van der Waals surface area contributed by atoms with E-state index in [-0.39, 0.29) is 12.2 Å². The number of nitriles is 1. The lowest BCUT2D eigenvalue weighted by Crippen LogP contribution is -2.04. The molecule has 7 heteroatoms. The summed E-state index contributed by atoms with van der Waals surface area (Å²) in [5, 5.41) is 9.30. The zero-order valence-corrected chi connectivity index (χ0v) is 13.9. The zero-order valence-electron chi connectivity index (χ0n) is 13.9. The normalized spacial score (nSPS) is 11.6. The smallest absolute Gasteiger partial charge is 0.416 e. The molecule has 0 amide bonds. The minimum absolute atomic E-state index is 0.115. The van der Waals surface area contributed by atoms with Gasteiger partial charge in [-0.2, -0.15) is 18.4 Å². The second-order valence-corrected chi connectivity index (χ2v) is 5.70. The Kier molecular flexibility index (Phi) is 4.99. The molecule has 4 nitrogen and oxygen atoms in total. The topological polar surface area (TPSA) is 54.5 Å². The maximum absolute atomic E-state index is 12.7. The van der Waals surface area contributed by atoms with E-state index in [1.807, 2.05) is 6.07 Å². The van der Waals surface area contributed by atoms with Crippen molar-refractivity contribution < 1.29 is 22.7 Å². The second kappa shape index (κ2) is 7.38. The summed E-state index contributed by atoms with van der Waals surface area (Å²) in [6.07, 6.45) is 1.32. The Bertz CT molecular complexity index is 1060. The number of pyridine rings is 1. The number of carbonyl (C=O) groups excluding carboxylic acids is 1. The van der Waals surface area contributed by atoms with Gasteiger partial charge in [-0.3, -0.25) is 0 Å². The van der Waals surface area contributed by atoms with Gasteiger partial charge in [-0.15, -0.1) is 0 Å². The minimum Gasteiger partial charge on any atom is -0.458 e. The van der Waals surface area contributed by atoms with Crippen LogP contribution in [-0.4, -0.2) is 10.4 Å². The maximum Gasteiger partial charge on any atom is 0.416 e. The summed E-state index contributed by atoms with van der Waals surface area (Å²) in [7, 11) is 0. The number of ether oxygens (including phenoxy) is 1. The molecule has 0 aliphatic carbocycles. The highest BCUT2D eigenvalue weighted by Crippen LogP contribution is 2.29. The van der Waals surface area contributed by atoms with Gasteiger partial charge in [0.25, 0.3) is 0 Å². The molecule has 2 heterocycles. The van der Waals surface area contributed by atoms with Gasteiger partial charge in [-0.25, -0.2) is 4.79 Å². The van der Waals surface area contributed by atoms with Gasteiger partial charge in [0.1, 0.15) is 12.7 Å². The molecule has 27 heavy (non-hydrogen) atoms. The highest BCUT2D eigenvalue weighted by atomic mass is 19.4. The fourth-order valence-electron chi connectivity index (χ4n) is 2.60. The van der Waals surface area contributed by atoms with E-state index in [1.165, 1.54) is 18.2 Å². The zero-order chi connectivity index (χ0) is 19.4. The first kappa shape index (κ1) is 18.3. The summed E-state index contributed by atoms with van der Waals surface area (Å²) in [6.45, 7) is -0.115. The van der Waals surface area contributed by atoms with Crippen LogP contribution in [-0.2, 0) is 22.3 Å². The van der Waals surface area contributed by atoms with Gasteiger partial charge < -0.3 is 9.14 Å². The third-order valence-corrected chi connectivity index (χ3v) is 3.87. The van der Waals surface area contributed by atoms with Crippen molar-refractivity contribution in [1.29, 1.82) is 5.26 Å². The monoisotopic (exact) mass is 370 g/mol. The van der Waals surface area contributed by atoms with Gasteiger partial charge in [-0.05, 0) is 35.9 Å². The number of nitrogens with zero attached hydrogens (tertiary/aromatic N) is 2. The van der Waals surface area contributed by atoms with Crippen LogP contribution in [0.4, 0.5) is 13.2 Å². The Morgan fingerprint density at radius 3 is 2.78 bits per heavy atom. The molecule has 0 unspecified atom stereocenters. The molecule has 2 aromatic heterocycles. The SMILES string of the molecule is N#Cc1c(COC(=O)/C=C\c2cccc(C(F)(F)F)c2)cn2ccccc12. The summed E-state index contributed by atoms with van der Waals surface area (Å²) in [5.41, 5.74) is 1.09. The van der Waals surface area contributed by atoms with Crippen molar-refractivity contribution in [2.24, 2.45) is 0 Å². The molecule has 0 fully saturated rings. The lowest BCUT2D eigenvalue weighted by Gasteiger charge is -2.06. The Labute approximate surface area is 152 Å². The van der Waals surface area contributed by atoms with Crippen molar-refractivity contribution in [2.75, 3.05) is 0 Å². The van der Waals surface area contributed by atoms with Gasteiger partial charge in [0, 0.05) is 24.0 Å². The van der Waals surface area contributed by atoms with Crippen LogP contribution in [0.25, 0.3) is 11.6 Å². The summed E-state index contributed by atoms with van der Waals surface area (Å²) < 4.78 is 44.9. The van der Waals surface area contributed by atoms with Crippen LogP contribution < -0.4 is 0 Å². The molecule has 3 rings (SSSR count). The molecule has 0 saturated heterocycles. The molecule has 0 radical (unpaired) electrons. The Morgan fingerprint density at radius 1 is 1.22 bits per heavy atom. The maximum atomic E-state index is 12.7. The van der Waals surface area contributed by atoms with Crippen molar-refractivity contribution in [1.82, 2.24) is 4.40 Å². The first-order valence-electron chi connectivity index (χ1n) is 7.89. The molecule has 0 aliphatic heterocycles. The Morgan fingerprint density at radius 2 is 2.04 bits per heavy atom.